The smallest absolute Gasteiger partial charge is 0.244 e. The van der Waals surface area contributed by atoms with Crippen LogP contribution in [0.3, 0.4) is 0 Å². The second-order valence-electron chi connectivity index (χ2n) is 7.14. The first-order valence-corrected chi connectivity index (χ1v) is 8.32. The predicted octanol–water partition coefficient (Wildman–Crippen LogP) is 2.77. The van der Waals surface area contributed by atoms with Crippen LogP contribution in [0.4, 0.5) is 5.69 Å². The van der Waals surface area contributed by atoms with Gasteiger partial charge in [0.05, 0.1) is 7.11 Å². The highest BCUT2D eigenvalue weighted by Gasteiger charge is 2.31. The molecule has 120 valence electrons. The van der Waals surface area contributed by atoms with Gasteiger partial charge in [0.15, 0.2) is 0 Å². The van der Waals surface area contributed by atoms with Crippen molar-refractivity contribution in [2.24, 2.45) is 5.41 Å². The van der Waals surface area contributed by atoms with E-state index in [1.165, 1.54) is 19.2 Å². The van der Waals surface area contributed by atoms with E-state index in [1.807, 2.05) is 13.8 Å². The summed E-state index contributed by atoms with van der Waals surface area (Å²) in [6, 6.07) is 4.52. The molecule has 1 aromatic carbocycles. The molecule has 0 atom stereocenters. The van der Waals surface area contributed by atoms with E-state index in [0.717, 1.165) is 0 Å². The number of benzene rings is 1. The Kier molecular flexibility index (Phi) is 4.95. The Labute approximate surface area is 127 Å². The lowest BCUT2D eigenvalue weighted by Gasteiger charge is -2.33. The molecular formula is C15H26N2O3S. The number of anilines is 1. The van der Waals surface area contributed by atoms with E-state index in [0.29, 0.717) is 12.1 Å². The van der Waals surface area contributed by atoms with Crippen molar-refractivity contribution in [2.45, 2.75) is 51.5 Å². The Balaban J connectivity index is 3.13. The maximum absolute atomic E-state index is 12.6. The fraction of sp³-hybridized carbons (Fsp3) is 0.600. The average Bonchev–Trinajstić information content (AvgIpc) is 2.23. The summed E-state index contributed by atoms with van der Waals surface area (Å²) in [6.45, 7) is 9.98. The Morgan fingerprint density at radius 1 is 1.19 bits per heavy atom. The molecule has 0 saturated heterocycles. The van der Waals surface area contributed by atoms with Crippen LogP contribution in [-0.4, -0.2) is 21.1 Å². The maximum Gasteiger partial charge on any atom is 0.244 e. The molecule has 0 aliphatic carbocycles. The molecule has 0 aliphatic rings. The summed E-state index contributed by atoms with van der Waals surface area (Å²) in [5, 5.41) is 0. The minimum absolute atomic E-state index is 0.0111. The normalized spacial score (nSPS) is 13.2. The quantitative estimate of drug-likeness (QED) is 0.819. The van der Waals surface area contributed by atoms with E-state index < -0.39 is 15.6 Å². The van der Waals surface area contributed by atoms with Gasteiger partial charge in [-0.3, -0.25) is 0 Å². The van der Waals surface area contributed by atoms with Crippen LogP contribution in [0.15, 0.2) is 23.1 Å². The number of sulfonamides is 1. The third-order valence-electron chi connectivity index (χ3n) is 2.86. The molecule has 0 aliphatic heterocycles. The molecule has 0 bridgehead atoms. The molecular weight excluding hydrogens is 288 g/mol. The van der Waals surface area contributed by atoms with Gasteiger partial charge in [-0.2, -0.15) is 0 Å². The van der Waals surface area contributed by atoms with E-state index in [9.17, 15) is 8.42 Å². The molecule has 21 heavy (non-hydrogen) atoms. The molecule has 0 saturated carbocycles. The molecule has 1 aromatic rings. The number of hydrogen-bond acceptors (Lipinski definition) is 4. The summed E-state index contributed by atoms with van der Waals surface area (Å²) in [6.07, 6.45) is 0.705. The number of rotatable bonds is 5. The van der Waals surface area contributed by atoms with E-state index in [1.54, 1.807) is 6.07 Å². The number of nitrogen functional groups attached to an aromatic ring is 1. The fourth-order valence-electron chi connectivity index (χ4n) is 2.69. The molecule has 0 unspecified atom stereocenters. The fourth-order valence-corrected chi connectivity index (χ4v) is 4.25. The van der Waals surface area contributed by atoms with Crippen molar-refractivity contribution >= 4 is 15.7 Å². The Morgan fingerprint density at radius 2 is 1.76 bits per heavy atom. The summed E-state index contributed by atoms with van der Waals surface area (Å²) in [5.41, 5.74) is 5.56. The summed E-state index contributed by atoms with van der Waals surface area (Å²) in [7, 11) is -2.26. The molecule has 5 nitrogen and oxygen atoms in total. The maximum atomic E-state index is 12.6. The van der Waals surface area contributed by atoms with Gasteiger partial charge in [-0.15, -0.1) is 0 Å². The Hall–Kier alpha value is -1.27. The van der Waals surface area contributed by atoms with Gasteiger partial charge in [-0.05, 0) is 37.8 Å². The molecule has 0 heterocycles. The Morgan fingerprint density at radius 3 is 2.24 bits per heavy atom. The topological polar surface area (TPSA) is 81.4 Å². The number of hydrogen-bond donors (Lipinski definition) is 2. The standard InChI is InChI=1S/C15H26N2O3S/c1-14(2,3)10-15(4,5)17-21(18,19)13-8-7-11(16)9-12(13)20-6/h7-9,17H,10,16H2,1-6H3. The van der Waals surface area contributed by atoms with Crippen LogP contribution in [0.2, 0.25) is 0 Å². The van der Waals surface area contributed by atoms with E-state index in [4.69, 9.17) is 10.5 Å². The zero-order valence-electron chi connectivity index (χ0n) is 13.6. The zero-order chi connectivity index (χ0) is 16.5. The molecule has 0 aromatic heterocycles. The first kappa shape index (κ1) is 17.8. The molecule has 6 heteroatoms. The van der Waals surface area contributed by atoms with Crippen molar-refractivity contribution in [2.75, 3.05) is 12.8 Å². The molecule has 0 radical (unpaired) electrons. The van der Waals surface area contributed by atoms with Crippen molar-refractivity contribution in [3.05, 3.63) is 18.2 Å². The number of ether oxygens (including phenoxy) is 1. The highest BCUT2D eigenvalue weighted by molar-refractivity contribution is 7.89. The van der Waals surface area contributed by atoms with Crippen LogP contribution >= 0.6 is 0 Å². The van der Waals surface area contributed by atoms with Gasteiger partial charge in [0, 0.05) is 17.3 Å². The first-order chi connectivity index (χ1) is 9.36. The largest absolute Gasteiger partial charge is 0.495 e. The summed E-state index contributed by atoms with van der Waals surface area (Å²) in [5.74, 6) is 0.244. The van der Waals surface area contributed by atoms with Crippen molar-refractivity contribution in [3.8, 4) is 5.75 Å². The van der Waals surface area contributed by atoms with E-state index >= 15 is 0 Å². The number of methoxy groups -OCH3 is 1. The minimum Gasteiger partial charge on any atom is -0.495 e. The van der Waals surface area contributed by atoms with Gasteiger partial charge in [0.2, 0.25) is 10.0 Å². The van der Waals surface area contributed by atoms with Gasteiger partial charge in [0.25, 0.3) is 0 Å². The molecule has 0 amide bonds. The molecule has 0 spiro atoms. The van der Waals surface area contributed by atoms with Gasteiger partial charge in [-0.25, -0.2) is 13.1 Å². The van der Waals surface area contributed by atoms with Crippen LogP contribution in [-0.2, 0) is 10.0 Å². The van der Waals surface area contributed by atoms with E-state index in [2.05, 4.69) is 25.5 Å². The average molecular weight is 314 g/mol. The van der Waals surface area contributed by atoms with Gasteiger partial charge >= 0.3 is 0 Å². The van der Waals surface area contributed by atoms with Crippen LogP contribution < -0.4 is 15.2 Å². The highest BCUT2D eigenvalue weighted by atomic mass is 32.2. The third-order valence-corrected chi connectivity index (χ3v) is 4.60. The van der Waals surface area contributed by atoms with Gasteiger partial charge in [-0.1, -0.05) is 20.8 Å². The zero-order valence-corrected chi connectivity index (χ0v) is 14.5. The summed E-state index contributed by atoms with van der Waals surface area (Å²) in [4.78, 5) is 0.0983. The Bertz CT molecular complexity index is 602. The second kappa shape index (κ2) is 5.85. The lowest BCUT2D eigenvalue weighted by molar-refractivity contribution is 0.269. The summed E-state index contributed by atoms with van der Waals surface area (Å²) < 4.78 is 33.1. The van der Waals surface area contributed by atoms with Crippen molar-refractivity contribution in [1.82, 2.24) is 4.72 Å². The molecule has 3 N–H and O–H groups in total. The van der Waals surface area contributed by atoms with Gasteiger partial charge < -0.3 is 10.5 Å². The lowest BCUT2D eigenvalue weighted by atomic mass is 9.82. The highest BCUT2D eigenvalue weighted by Crippen LogP contribution is 2.31. The SMILES string of the molecule is COc1cc(N)ccc1S(=O)(=O)NC(C)(C)CC(C)(C)C. The first-order valence-electron chi connectivity index (χ1n) is 6.84. The van der Waals surface area contributed by atoms with Crippen LogP contribution in [0.1, 0.15) is 41.0 Å². The van der Waals surface area contributed by atoms with Crippen molar-refractivity contribution in [1.29, 1.82) is 0 Å². The van der Waals surface area contributed by atoms with Crippen LogP contribution in [0.25, 0.3) is 0 Å². The van der Waals surface area contributed by atoms with Crippen molar-refractivity contribution < 1.29 is 13.2 Å². The minimum atomic E-state index is -3.68. The number of nitrogens with one attached hydrogen (secondary N) is 1. The van der Waals surface area contributed by atoms with Crippen molar-refractivity contribution in [3.63, 3.8) is 0 Å². The molecule has 1 rings (SSSR count). The summed E-state index contributed by atoms with van der Waals surface area (Å²) >= 11 is 0. The van der Waals surface area contributed by atoms with Crippen LogP contribution in [0, 0.1) is 5.41 Å². The second-order valence-corrected chi connectivity index (χ2v) is 8.79. The van der Waals surface area contributed by atoms with E-state index in [-0.39, 0.29) is 16.1 Å². The predicted molar refractivity (Wildman–Crippen MR) is 85.9 cm³/mol. The lowest BCUT2D eigenvalue weighted by Crippen LogP contribution is -2.45. The molecule has 0 fully saturated rings. The number of nitrogens with two attached hydrogens (primary N) is 1. The van der Waals surface area contributed by atoms with Crippen LogP contribution in [0.5, 0.6) is 5.75 Å². The third kappa shape index (κ3) is 5.21. The monoisotopic (exact) mass is 314 g/mol. The van der Waals surface area contributed by atoms with Gasteiger partial charge in [0.1, 0.15) is 10.6 Å².